The predicted octanol–water partition coefficient (Wildman–Crippen LogP) is 2.03. The number of hydrogen-bond donors (Lipinski definition) is 2. The van der Waals surface area contributed by atoms with E-state index in [2.05, 4.69) is 26.1 Å². The minimum Gasteiger partial charge on any atom is -0.469 e. The summed E-state index contributed by atoms with van der Waals surface area (Å²) >= 11 is 2.51. The van der Waals surface area contributed by atoms with Crippen LogP contribution in [0.1, 0.15) is 34.5 Å². The Morgan fingerprint density at radius 3 is 2.96 bits per heavy atom. The third-order valence-electron chi connectivity index (χ3n) is 4.20. The molecule has 2 aromatic heterocycles. The molecule has 0 bridgehead atoms. The molecule has 3 rings (SSSR count). The number of nitrogens with zero attached hydrogens (tertiary/aromatic N) is 2. The molecule has 146 valence electrons. The van der Waals surface area contributed by atoms with Crippen molar-refractivity contribution in [3.8, 4) is 6.07 Å². The highest BCUT2D eigenvalue weighted by Gasteiger charge is 2.21. The van der Waals surface area contributed by atoms with Crippen LogP contribution in [0.15, 0.2) is 16.0 Å². The van der Waals surface area contributed by atoms with E-state index in [0.717, 1.165) is 43.0 Å². The van der Waals surface area contributed by atoms with Crippen molar-refractivity contribution in [1.29, 1.82) is 5.26 Å². The van der Waals surface area contributed by atoms with Crippen LogP contribution in [0.5, 0.6) is 0 Å². The first kappa shape index (κ1) is 20.1. The number of thiophene rings is 1. The molecule has 0 aromatic carbocycles. The molecule has 28 heavy (non-hydrogen) atoms. The number of esters is 1. The number of anilines is 1. The van der Waals surface area contributed by atoms with Crippen molar-refractivity contribution in [2.24, 2.45) is 0 Å². The van der Waals surface area contributed by atoms with E-state index in [0.29, 0.717) is 10.6 Å². The second kappa shape index (κ2) is 9.03. The maximum Gasteiger partial charge on any atom is 0.311 e. The number of amides is 1. The molecule has 0 aliphatic heterocycles. The SMILES string of the molecule is COC(=O)Cc1cc(=O)[nH]c(SCC(=O)Nc2sc3c(c2C#N)CCCC3)n1. The summed E-state index contributed by atoms with van der Waals surface area (Å²) in [7, 11) is 1.26. The molecular weight excluding hydrogens is 400 g/mol. The summed E-state index contributed by atoms with van der Waals surface area (Å²) in [5.74, 6) is -0.781. The number of nitrogens with one attached hydrogen (secondary N) is 2. The summed E-state index contributed by atoms with van der Waals surface area (Å²) in [4.78, 5) is 43.3. The van der Waals surface area contributed by atoms with Gasteiger partial charge in [0.05, 0.1) is 30.5 Å². The molecule has 0 saturated heterocycles. The number of ether oxygens (including phenoxy) is 1. The maximum atomic E-state index is 12.3. The lowest BCUT2D eigenvalue weighted by Crippen LogP contribution is -2.17. The van der Waals surface area contributed by atoms with Gasteiger partial charge in [0.15, 0.2) is 5.16 Å². The standard InChI is InChI=1S/C18H18N4O4S2/c1-26-16(25)7-10-6-14(23)22-18(20-10)27-9-15(24)21-17-12(8-19)11-4-2-3-5-13(11)28-17/h6H,2-5,7,9H2,1H3,(H,21,24)(H,20,22,23). The molecule has 0 unspecified atom stereocenters. The number of aromatic nitrogens is 2. The molecule has 1 aliphatic rings. The van der Waals surface area contributed by atoms with E-state index in [-0.39, 0.29) is 28.9 Å². The van der Waals surface area contributed by atoms with E-state index in [1.165, 1.54) is 29.4 Å². The molecule has 2 aromatic rings. The summed E-state index contributed by atoms with van der Waals surface area (Å²) in [6.45, 7) is 0. The molecule has 2 N–H and O–H groups in total. The second-order valence-corrected chi connectivity index (χ2v) is 8.23. The van der Waals surface area contributed by atoms with Crippen molar-refractivity contribution in [3.63, 3.8) is 0 Å². The number of aromatic amines is 1. The number of H-pyrrole nitrogens is 1. The van der Waals surface area contributed by atoms with Crippen molar-refractivity contribution in [2.45, 2.75) is 37.3 Å². The first-order chi connectivity index (χ1) is 13.5. The quantitative estimate of drug-likeness (QED) is 0.418. The maximum absolute atomic E-state index is 12.3. The zero-order chi connectivity index (χ0) is 20.1. The van der Waals surface area contributed by atoms with Gasteiger partial charge in [0, 0.05) is 10.9 Å². The fourth-order valence-corrected chi connectivity index (χ4v) is 4.88. The van der Waals surface area contributed by atoms with E-state index in [1.807, 2.05) is 0 Å². The summed E-state index contributed by atoms with van der Waals surface area (Å²) in [5.41, 5.74) is 1.48. The van der Waals surface area contributed by atoms with E-state index in [9.17, 15) is 19.6 Å². The van der Waals surface area contributed by atoms with E-state index in [4.69, 9.17) is 0 Å². The van der Waals surface area contributed by atoms with Crippen LogP contribution in [-0.4, -0.2) is 34.7 Å². The largest absolute Gasteiger partial charge is 0.469 e. The van der Waals surface area contributed by atoms with Crippen LogP contribution in [0.4, 0.5) is 5.00 Å². The molecule has 0 radical (unpaired) electrons. The molecular formula is C18H18N4O4S2. The zero-order valence-corrected chi connectivity index (χ0v) is 16.8. The van der Waals surface area contributed by atoms with Gasteiger partial charge in [-0.05, 0) is 31.2 Å². The van der Waals surface area contributed by atoms with Crippen LogP contribution in [0.2, 0.25) is 0 Å². The molecule has 0 fully saturated rings. The highest BCUT2D eigenvalue weighted by atomic mass is 32.2. The zero-order valence-electron chi connectivity index (χ0n) is 15.2. The number of nitriles is 1. The summed E-state index contributed by atoms with van der Waals surface area (Å²) < 4.78 is 4.57. The Bertz CT molecular complexity index is 1010. The van der Waals surface area contributed by atoms with E-state index >= 15 is 0 Å². The van der Waals surface area contributed by atoms with Crippen molar-refractivity contribution < 1.29 is 14.3 Å². The lowest BCUT2D eigenvalue weighted by molar-refractivity contribution is -0.139. The lowest BCUT2D eigenvalue weighted by Gasteiger charge is -2.09. The average molecular weight is 419 g/mol. The number of aryl methyl sites for hydroxylation is 1. The third kappa shape index (κ3) is 4.79. The van der Waals surface area contributed by atoms with Gasteiger partial charge in [0.1, 0.15) is 11.1 Å². The number of carbonyl (C=O) groups excluding carboxylic acids is 2. The molecule has 10 heteroatoms. The number of rotatable bonds is 6. The van der Waals surface area contributed by atoms with Crippen LogP contribution >= 0.6 is 23.1 Å². The van der Waals surface area contributed by atoms with Crippen LogP contribution in [0, 0.1) is 11.3 Å². The Balaban J connectivity index is 1.65. The van der Waals surface area contributed by atoms with Gasteiger partial charge in [-0.15, -0.1) is 11.3 Å². The summed E-state index contributed by atoms with van der Waals surface area (Å²) in [6.07, 6.45) is 3.85. The van der Waals surface area contributed by atoms with Gasteiger partial charge in [-0.2, -0.15) is 5.26 Å². The molecule has 0 spiro atoms. The van der Waals surface area contributed by atoms with Gasteiger partial charge in [-0.3, -0.25) is 14.4 Å². The molecule has 0 atom stereocenters. The van der Waals surface area contributed by atoms with Gasteiger partial charge in [0.25, 0.3) is 5.56 Å². The number of thioether (sulfide) groups is 1. The van der Waals surface area contributed by atoms with Crippen molar-refractivity contribution in [2.75, 3.05) is 18.2 Å². The molecule has 1 aliphatic carbocycles. The fourth-order valence-electron chi connectivity index (χ4n) is 2.93. The van der Waals surface area contributed by atoms with Crippen LogP contribution in [0.3, 0.4) is 0 Å². The monoisotopic (exact) mass is 418 g/mol. The number of carbonyl (C=O) groups is 2. The van der Waals surface area contributed by atoms with Gasteiger partial charge >= 0.3 is 5.97 Å². The molecule has 1 amide bonds. The van der Waals surface area contributed by atoms with Crippen molar-refractivity contribution in [1.82, 2.24) is 9.97 Å². The van der Waals surface area contributed by atoms with Gasteiger partial charge in [-0.1, -0.05) is 11.8 Å². The molecule has 8 nitrogen and oxygen atoms in total. The number of methoxy groups -OCH3 is 1. The number of fused-ring (bicyclic) bond motifs is 1. The van der Waals surface area contributed by atoms with Crippen LogP contribution in [0.25, 0.3) is 0 Å². The predicted molar refractivity (Wildman–Crippen MR) is 106 cm³/mol. The Morgan fingerprint density at radius 1 is 1.43 bits per heavy atom. The minimum atomic E-state index is -0.502. The second-order valence-electron chi connectivity index (χ2n) is 6.16. The Kier molecular flexibility index (Phi) is 6.49. The van der Waals surface area contributed by atoms with Crippen LogP contribution in [-0.2, 0) is 33.6 Å². The summed E-state index contributed by atoms with van der Waals surface area (Å²) in [6, 6.07) is 3.43. The normalized spacial score (nSPS) is 12.7. The van der Waals surface area contributed by atoms with Crippen molar-refractivity contribution >= 4 is 40.0 Å². The van der Waals surface area contributed by atoms with E-state index < -0.39 is 11.5 Å². The highest BCUT2D eigenvalue weighted by molar-refractivity contribution is 7.99. The minimum absolute atomic E-state index is 0.0120. The molecule has 0 saturated carbocycles. The van der Waals surface area contributed by atoms with Crippen LogP contribution < -0.4 is 10.9 Å². The lowest BCUT2D eigenvalue weighted by atomic mass is 9.96. The summed E-state index contributed by atoms with van der Waals surface area (Å²) in [5, 5.41) is 13.1. The van der Waals surface area contributed by atoms with Gasteiger partial charge < -0.3 is 15.0 Å². The van der Waals surface area contributed by atoms with Gasteiger partial charge in [-0.25, -0.2) is 4.98 Å². The Hall–Kier alpha value is -2.64. The first-order valence-electron chi connectivity index (χ1n) is 8.64. The molecule has 2 heterocycles. The highest BCUT2D eigenvalue weighted by Crippen LogP contribution is 2.37. The fraction of sp³-hybridized carbons (Fsp3) is 0.389. The Morgan fingerprint density at radius 2 is 2.21 bits per heavy atom. The average Bonchev–Trinajstić information content (AvgIpc) is 3.02. The number of hydrogen-bond acceptors (Lipinski definition) is 8. The first-order valence-corrected chi connectivity index (χ1v) is 10.4. The topological polar surface area (TPSA) is 125 Å². The van der Waals surface area contributed by atoms with Gasteiger partial charge in [0.2, 0.25) is 5.91 Å². The Labute approximate surface area is 169 Å². The van der Waals surface area contributed by atoms with E-state index in [1.54, 1.807) is 0 Å². The smallest absolute Gasteiger partial charge is 0.311 e. The van der Waals surface area contributed by atoms with Crippen molar-refractivity contribution in [3.05, 3.63) is 38.1 Å². The third-order valence-corrected chi connectivity index (χ3v) is 6.28.